The normalized spacial score (nSPS) is 14.2. The molecule has 1 saturated heterocycles. The molecule has 0 saturated carbocycles. The SMILES string of the molecule is COc1cc(/C=C2\SC(=S)N(CCc3ccccc3)C2=O)ccc1OCC(=O)Nc1ccc(C)cc1C. The van der Waals surface area contributed by atoms with Crippen LogP contribution in [0.1, 0.15) is 22.3 Å². The minimum Gasteiger partial charge on any atom is -0.493 e. The van der Waals surface area contributed by atoms with Crippen molar-refractivity contribution in [3.63, 3.8) is 0 Å². The average Bonchev–Trinajstić information content (AvgIpc) is 3.15. The maximum absolute atomic E-state index is 13.0. The van der Waals surface area contributed by atoms with Gasteiger partial charge in [0.2, 0.25) is 0 Å². The van der Waals surface area contributed by atoms with Gasteiger partial charge >= 0.3 is 0 Å². The van der Waals surface area contributed by atoms with E-state index in [1.165, 1.54) is 18.9 Å². The van der Waals surface area contributed by atoms with Gasteiger partial charge < -0.3 is 14.8 Å². The minimum absolute atomic E-state index is 0.103. The number of nitrogens with zero attached hydrogens (tertiary/aromatic N) is 1. The summed E-state index contributed by atoms with van der Waals surface area (Å²) in [6.45, 7) is 4.32. The van der Waals surface area contributed by atoms with Crippen LogP contribution >= 0.6 is 24.0 Å². The van der Waals surface area contributed by atoms with Crippen molar-refractivity contribution < 1.29 is 19.1 Å². The highest BCUT2D eigenvalue weighted by atomic mass is 32.2. The average molecular weight is 533 g/mol. The third-order valence-corrected chi connectivity index (χ3v) is 7.22. The van der Waals surface area contributed by atoms with Gasteiger partial charge in [-0.3, -0.25) is 14.5 Å². The highest BCUT2D eigenvalue weighted by Crippen LogP contribution is 2.35. The van der Waals surface area contributed by atoms with Crippen molar-refractivity contribution in [1.29, 1.82) is 0 Å². The number of nitrogens with one attached hydrogen (secondary N) is 1. The van der Waals surface area contributed by atoms with Gasteiger partial charge in [-0.05, 0) is 61.2 Å². The Balaban J connectivity index is 1.39. The van der Waals surface area contributed by atoms with E-state index in [1.54, 1.807) is 23.1 Å². The number of aryl methyl sites for hydroxylation is 2. The van der Waals surface area contributed by atoms with Gasteiger partial charge in [-0.1, -0.05) is 78.1 Å². The number of carbonyl (C=O) groups is 2. The summed E-state index contributed by atoms with van der Waals surface area (Å²) in [5, 5.41) is 2.87. The highest BCUT2D eigenvalue weighted by molar-refractivity contribution is 8.26. The van der Waals surface area contributed by atoms with Crippen LogP contribution in [0.25, 0.3) is 6.08 Å². The van der Waals surface area contributed by atoms with Gasteiger partial charge in [0.05, 0.1) is 12.0 Å². The molecule has 1 aliphatic heterocycles. The zero-order valence-corrected chi connectivity index (χ0v) is 22.6. The number of thiocarbonyl (C=S) groups is 1. The standard InChI is InChI=1S/C29H28N2O4S2/c1-19-9-11-23(20(2)15-19)30-27(32)18-35-24-12-10-22(16-25(24)34-3)17-26-28(33)31(29(36)37-26)14-13-21-7-5-4-6-8-21/h4-12,15-17H,13-14,18H2,1-3H3,(H,30,32)/b26-17-. The maximum Gasteiger partial charge on any atom is 0.266 e. The van der Waals surface area contributed by atoms with Crippen LogP contribution in [-0.2, 0) is 16.0 Å². The number of rotatable bonds is 9. The molecule has 1 heterocycles. The molecule has 0 atom stereocenters. The number of methoxy groups -OCH3 is 1. The second-order valence-corrected chi connectivity index (χ2v) is 10.3. The molecule has 37 heavy (non-hydrogen) atoms. The number of hydrogen-bond acceptors (Lipinski definition) is 6. The molecule has 3 aromatic rings. The molecule has 0 aromatic heterocycles. The molecule has 0 radical (unpaired) electrons. The van der Waals surface area contributed by atoms with Crippen molar-refractivity contribution in [2.24, 2.45) is 0 Å². The lowest BCUT2D eigenvalue weighted by Gasteiger charge is -2.14. The fourth-order valence-electron chi connectivity index (χ4n) is 3.91. The Kier molecular flexibility index (Phi) is 8.63. The number of hydrogen-bond donors (Lipinski definition) is 1. The molecule has 0 bridgehead atoms. The molecule has 190 valence electrons. The Morgan fingerprint density at radius 3 is 2.57 bits per heavy atom. The van der Waals surface area contributed by atoms with E-state index in [1.807, 2.05) is 68.4 Å². The largest absolute Gasteiger partial charge is 0.493 e. The molecule has 1 N–H and O–H groups in total. The second-order valence-electron chi connectivity index (χ2n) is 8.63. The van der Waals surface area contributed by atoms with Crippen LogP contribution in [0.5, 0.6) is 11.5 Å². The topological polar surface area (TPSA) is 67.9 Å². The van der Waals surface area contributed by atoms with E-state index in [4.69, 9.17) is 21.7 Å². The highest BCUT2D eigenvalue weighted by Gasteiger charge is 2.31. The molecule has 6 nitrogen and oxygen atoms in total. The second kappa shape index (κ2) is 12.1. The van der Waals surface area contributed by atoms with Crippen LogP contribution in [0.15, 0.2) is 71.6 Å². The Labute approximate surface area is 226 Å². The first-order valence-corrected chi connectivity index (χ1v) is 13.0. The summed E-state index contributed by atoms with van der Waals surface area (Å²) in [5.74, 6) is 0.531. The molecule has 1 fully saturated rings. The Morgan fingerprint density at radius 2 is 1.84 bits per heavy atom. The van der Waals surface area contributed by atoms with Gasteiger partial charge in [0.15, 0.2) is 18.1 Å². The summed E-state index contributed by atoms with van der Waals surface area (Å²) in [6.07, 6.45) is 2.53. The molecule has 8 heteroatoms. The molecule has 3 aromatic carbocycles. The number of benzene rings is 3. The van der Waals surface area contributed by atoms with Gasteiger partial charge in [0, 0.05) is 12.2 Å². The molecule has 4 rings (SSSR count). The lowest BCUT2D eigenvalue weighted by molar-refractivity contribution is -0.122. The first-order valence-electron chi connectivity index (χ1n) is 11.8. The maximum atomic E-state index is 13.0. The summed E-state index contributed by atoms with van der Waals surface area (Å²) in [6, 6.07) is 21.2. The third kappa shape index (κ3) is 6.78. The van der Waals surface area contributed by atoms with Gasteiger partial charge in [-0.25, -0.2) is 0 Å². The lowest BCUT2D eigenvalue weighted by atomic mass is 10.1. The lowest BCUT2D eigenvalue weighted by Crippen LogP contribution is -2.30. The summed E-state index contributed by atoms with van der Waals surface area (Å²) in [4.78, 5) is 27.6. The van der Waals surface area contributed by atoms with Crippen molar-refractivity contribution >= 4 is 51.9 Å². The van der Waals surface area contributed by atoms with E-state index < -0.39 is 0 Å². The molecule has 2 amide bonds. The van der Waals surface area contributed by atoms with Crippen molar-refractivity contribution in [2.45, 2.75) is 20.3 Å². The summed E-state index contributed by atoms with van der Waals surface area (Å²) in [7, 11) is 1.53. The van der Waals surface area contributed by atoms with Gasteiger partial charge in [0.1, 0.15) is 4.32 Å². The fraction of sp³-hybridized carbons (Fsp3) is 0.207. The van der Waals surface area contributed by atoms with Crippen LogP contribution < -0.4 is 14.8 Å². The number of thioether (sulfide) groups is 1. The van der Waals surface area contributed by atoms with Crippen LogP contribution in [0.4, 0.5) is 5.69 Å². The quantitative estimate of drug-likeness (QED) is 0.279. The van der Waals surface area contributed by atoms with E-state index in [2.05, 4.69) is 5.32 Å². The molecular formula is C29H28N2O4S2. The van der Waals surface area contributed by atoms with Crippen molar-refractivity contribution in [3.8, 4) is 11.5 Å². The Morgan fingerprint density at radius 1 is 1.05 bits per heavy atom. The number of amides is 2. The van der Waals surface area contributed by atoms with Crippen molar-refractivity contribution in [2.75, 3.05) is 25.6 Å². The van der Waals surface area contributed by atoms with Gasteiger partial charge in [-0.15, -0.1) is 0 Å². The van der Waals surface area contributed by atoms with Crippen molar-refractivity contribution in [3.05, 3.63) is 93.9 Å². The minimum atomic E-state index is -0.266. The summed E-state index contributed by atoms with van der Waals surface area (Å²) in [5.41, 5.74) is 4.80. The van der Waals surface area contributed by atoms with E-state index >= 15 is 0 Å². The van der Waals surface area contributed by atoms with Crippen molar-refractivity contribution in [1.82, 2.24) is 4.90 Å². The summed E-state index contributed by atoms with van der Waals surface area (Å²) < 4.78 is 11.7. The third-order valence-electron chi connectivity index (χ3n) is 5.84. The van der Waals surface area contributed by atoms with Gasteiger partial charge in [0.25, 0.3) is 11.8 Å². The first kappa shape index (κ1) is 26.4. The van der Waals surface area contributed by atoms with E-state index in [0.717, 1.165) is 34.4 Å². The summed E-state index contributed by atoms with van der Waals surface area (Å²) >= 11 is 6.75. The zero-order valence-electron chi connectivity index (χ0n) is 20.9. The van der Waals surface area contributed by atoms with E-state index in [0.29, 0.717) is 27.3 Å². The van der Waals surface area contributed by atoms with Crippen LogP contribution in [0, 0.1) is 13.8 Å². The molecular weight excluding hydrogens is 504 g/mol. The number of carbonyl (C=O) groups excluding carboxylic acids is 2. The van der Waals surface area contributed by atoms with Gasteiger partial charge in [-0.2, -0.15) is 0 Å². The predicted octanol–water partition coefficient (Wildman–Crippen LogP) is 5.77. The number of ether oxygens (including phenoxy) is 2. The van der Waals surface area contributed by atoms with E-state index in [-0.39, 0.29) is 18.4 Å². The number of anilines is 1. The molecule has 1 aliphatic rings. The predicted molar refractivity (Wildman–Crippen MR) is 153 cm³/mol. The molecule has 0 aliphatic carbocycles. The smallest absolute Gasteiger partial charge is 0.266 e. The monoisotopic (exact) mass is 532 g/mol. The fourth-order valence-corrected chi connectivity index (χ4v) is 5.21. The van der Waals surface area contributed by atoms with Crippen LogP contribution in [0.3, 0.4) is 0 Å². The Bertz CT molecular complexity index is 1360. The van der Waals surface area contributed by atoms with Crippen LogP contribution in [-0.4, -0.2) is 41.3 Å². The van der Waals surface area contributed by atoms with E-state index in [9.17, 15) is 9.59 Å². The Hall–Kier alpha value is -3.62. The van der Waals surface area contributed by atoms with Crippen LogP contribution in [0.2, 0.25) is 0 Å². The first-order chi connectivity index (χ1) is 17.8. The zero-order chi connectivity index (χ0) is 26.4. The molecule has 0 spiro atoms. The molecule has 0 unspecified atom stereocenters.